The number of carbonyl (C=O) groups excluding carboxylic acids is 1. The Bertz CT molecular complexity index is 395. The number of nitrogens with one attached hydrogen (secondary N) is 2. The van der Waals surface area contributed by atoms with Gasteiger partial charge >= 0.3 is 0 Å². The first kappa shape index (κ1) is 16.0. The molecule has 0 aliphatic heterocycles. The van der Waals surface area contributed by atoms with E-state index in [9.17, 15) is 4.79 Å². The summed E-state index contributed by atoms with van der Waals surface area (Å²) in [4.78, 5) is 11.8. The van der Waals surface area contributed by atoms with Gasteiger partial charge in [0, 0.05) is 24.7 Å². The van der Waals surface area contributed by atoms with Crippen LogP contribution in [-0.2, 0) is 9.53 Å². The third kappa shape index (κ3) is 5.59. The van der Waals surface area contributed by atoms with E-state index in [4.69, 9.17) is 16.3 Å². The zero-order valence-electron chi connectivity index (χ0n) is 11.6. The second-order valence-electron chi connectivity index (χ2n) is 4.45. The molecule has 2 atom stereocenters. The molecule has 1 aromatic carbocycles. The Morgan fingerprint density at radius 2 is 1.95 bits per heavy atom. The lowest BCUT2D eigenvalue weighted by atomic mass is 10.1. The van der Waals surface area contributed by atoms with Crippen LogP contribution < -0.4 is 10.6 Å². The van der Waals surface area contributed by atoms with Crippen LogP contribution in [0.4, 0.5) is 0 Å². The maximum Gasteiger partial charge on any atom is 0.236 e. The van der Waals surface area contributed by atoms with Crippen LogP contribution in [0.5, 0.6) is 0 Å². The minimum Gasteiger partial charge on any atom is -0.383 e. The van der Waals surface area contributed by atoms with Gasteiger partial charge in [0.05, 0.1) is 12.6 Å². The summed E-state index contributed by atoms with van der Waals surface area (Å²) in [6, 6.07) is 7.42. The predicted octanol–water partition coefficient (Wildman–Crippen LogP) is 2.14. The van der Waals surface area contributed by atoms with Gasteiger partial charge in [-0.3, -0.25) is 10.1 Å². The fourth-order valence-corrected chi connectivity index (χ4v) is 1.85. The molecule has 0 heterocycles. The van der Waals surface area contributed by atoms with Crippen molar-refractivity contribution < 1.29 is 9.53 Å². The second-order valence-corrected chi connectivity index (χ2v) is 4.88. The smallest absolute Gasteiger partial charge is 0.236 e. The van der Waals surface area contributed by atoms with Crippen molar-refractivity contribution in [2.24, 2.45) is 0 Å². The van der Waals surface area contributed by atoms with Crippen molar-refractivity contribution in [2.75, 3.05) is 20.3 Å². The van der Waals surface area contributed by atoms with Crippen molar-refractivity contribution in [3.05, 3.63) is 34.9 Å². The van der Waals surface area contributed by atoms with Crippen LogP contribution in [0.25, 0.3) is 0 Å². The standard InChI is InChI=1S/C14H21ClN2O2/c1-10(12-4-6-13(15)7-5-12)17-11(2)14(18)16-8-9-19-3/h4-7,10-11,17H,8-9H2,1-3H3,(H,16,18). The maximum absolute atomic E-state index is 11.8. The molecule has 0 spiro atoms. The summed E-state index contributed by atoms with van der Waals surface area (Å²) < 4.78 is 4.89. The molecule has 0 aliphatic rings. The number of hydrogen-bond donors (Lipinski definition) is 2. The highest BCUT2D eigenvalue weighted by Crippen LogP contribution is 2.16. The number of halogens is 1. The lowest BCUT2D eigenvalue weighted by molar-refractivity contribution is -0.123. The van der Waals surface area contributed by atoms with Gasteiger partial charge in [-0.2, -0.15) is 0 Å². The zero-order chi connectivity index (χ0) is 14.3. The van der Waals surface area contributed by atoms with E-state index in [1.165, 1.54) is 0 Å². The van der Waals surface area contributed by atoms with E-state index in [1.807, 2.05) is 38.1 Å². The number of hydrogen-bond acceptors (Lipinski definition) is 3. The Labute approximate surface area is 119 Å². The normalized spacial score (nSPS) is 13.9. The molecule has 4 nitrogen and oxygen atoms in total. The molecule has 0 saturated carbocycles. The van der Waals surface area contributed by atoms with Crippen molar-refractivity contribution in [3.63, 3.8) is 0 Å². The lowest BCUT2D eigenvalue weighted by Gasteiger charge is -2.20. The van der Waals surface area contributed by atoms with E-state index < -0.39 is 0 Å². The van der Waals surface area contributed by atoms with Gasteiger partial charge in [0.25, 0.3) is 0 Å². The summed E-state index contributed by atoms with van der Waals surface area (Å²) in [5.41, 5.74) is 1.10. The van der Waals surface area contributed by atoms with Crippen LogP contribution in [0.15, 0.2) is 24.3 Å². The van der Waals surface area contributed by atoms with Crippen LogP contribution in [0, 0.1) is 0 Å². The van der Waals surface area contributed by atoms with E-state index in [0.29, 0.717) is 18.2 Å². The number of benzene rings is 1. The third-order valence-electron chi connectivity index (χ3n) is 2.87. The predicted molar refractivity (Wildman–Crippen MR) is 77.4 cm³/mol. The molecule has 1 rings (SSSR count). The molecule has 0 fully saturated rings. The van der Waals surface area contributed by atoms with E-state index in [-0.39, 0.29) is 18.0 Å². The number of ether oxygens (including phenoxy) is 1. The Hall–Kier alpha value is -1.10. The number of carbonyl (C=O) groups is 1. The second kappa shape index (κ2) is 8.15. The highest BCUT2D eigenvalue weighted by molar-refractivity contribution is 6.30. The fourth-order valence-electron chi connectivity index (χ4n) is 1.73. The van der Waals surface area contributed by atoms with Gasteiger partial charge in [-0.15, -0.1) is 0 Å². The highest BCUT2D eigenvalue weighted by atomic mass is 35.5. The molecule has 19 heavy (non-hydrogen) atoms. The molecule has 1 aromatic rings. The van der Waals surface area contributed by atoms with Crippen LogP contribution >= 0.6 is 11.6 Å². The van der Waals surface area contributed by atoms with Gasteiger partial charge in [-0.1, -0.05) is 23.7 Å². The topological polar surface area (TPSA) is 50.4 Å². The first-order chi connectivity index (χ1) is 9.04. The Balaban J connectivity index is 2.44. The van der Waals surface area contributed by atoms with Gasteiger partial charge < -0.3 is 10.1 Å². The molecule has 0 radical (unpaired) electrons. The molecule has 0 aliphatic carbocycles. The first-order valence-electron chi connectivity index (χ1n) is 6.32. The van der Waals surface area contributed by atoms with Crippen LogP contribution in [0.3, 0.4) is 0 Å². The quantitative estimate of drug-likeness (QED) is 0.754. The van der Waals surface area contributed by atoms with Crippen molar-refractivity contribution in [2.45, 2.75) is 25.9 Å². The van der Waals surface area contributed by atoms with Crippen LogP contribution in [0.1, 0.15) is 25.5 Å². The summed E-state index contributed by atoms with van der Waals surface area (Å²) >= 11 is 5.85. The third-order valence-corrected chi connectivity index (χ3v) is 3.12. The summed E-state index contributed by atoms with van der Waals surface area (Å²) in [6.07, 6.45) is 0. The zero-order valence-corrected chi connectivity index (χ0v) is 12.3. The molecule has 5 heteroatoms. The highest BCUT2D eigenvalue weighted by Gasteiger charge is 2.15. The molecule has 1 amide bonds. The number of rotatable bonds is 7. The summed E-state index contributed by atoms with van der Waals surface area (Å²) in [7, 11) is 1.61. The minimum atomic E-state index is -0.262. The van der Waals surface area contributed by atoms with E-state index in [0.717, 1.165) is 5.56 Å². The summed E-state index contributed by atoms with van der Waals surface area (Å²) in [5.74, 6) is -0.0298. The summed E-state index contributed by atoms with van der Waals surface area (Å²) in [6.45, 7) is 4.90. The largest absolute Gasteiger partial charge is 0.383 e. The van der Waals surface area contributed by atoms with Gasteiger partial charge in [0.1, 0.15) is 0 Å². The Kier molecular flexibility index (Phi) is 6.84. The lowest BCUT2D eigenvalue weighted by Crippen LogP contribution is -2.44. The van der Waals surface area contributed by atoms with Crippen LogP contribution in [0.2, 0.25) is 5.02 Å². The fraction of sp³-hybridized carbons (Fsp3) is 0.500. The molecular weight excluding hydrogens is 264 g/mol. The molecule has 2 N–H and O–H groups in total. The number of methoxy groups -OCH3 is 1. The van der Waals surface area contributed by atoms with Crippen molar-refractivity contribution in [3.8, 4) is 0 Å². The molecule has 0 saturated heterocycles. The average molecular weight is 285 g/mol. The van der Waals surface area contributed by atoms with E-state index in [1.54, 1.807) is 7.11 Å². The monoisotopic (exact) mass is 284 g/mol. The van der Waals surface area contributed by atoms with Gasteiger partial charge in [0.15, 0.2) is 0 Å². The van der Waals surface area contributed by atoms with Gasteiger partial charge in [-0.25, -0.2) is 0 Å². The van der Waals surface area contributed by atoms with Crippen LogP contribution in [-0.4, -0.2) is 32.2 Å². The molecular formula is C14H21ClN2O2. The van der Waals surface area contributed by atoms with Crippen molar-refractivity contribution >= 4 is 17.5 Å². The Morgan fingerprint density at radius 3 is 2.53 bits per heavy atom. The van der Waals surface area contributed by atoms with Crippen molar-refractivity contribution in [1.29, 1.82) is 0 Å². The maximum atomic E-state index is 11.8. The SMILES string of the molecule is COCCNC(=O)C(C)NC(C)c1ccc(Cl)cc1. The minimum absolute atomic E-state index is 0.0298. The molecule has 106 valence electrons. The van der Waals surface area contributed by atoms with Gasteiger partial charge in [0.2, 0.25) is 5.91 Å². The Morgan fingerprint density at radius 1 is 1.32 bits per heavy atom. The average Bonchev–Trinajstić information content (AvgIpc) is 2.39. The van der Waals surface area contributed by atoms with E-state index >= 15 is 0 Å². The number of amides is 1. The summed E-state index contributed by atoms with van der Waals surface area (Å²) in [5, 5.41) is 6.76. The van der Waals surface area contributed by atoms with E-state index in [2.05, 4.69) is 10.6 Å². The molecule has 0 bridgehead atoms. The molecule has 2 unspecified atom stereocenters. The van der Waals surface area contributed by atoms with Gasteiger partial charge in [-0.05, 0) is 31.5 Å². The first-order valence-corrected chi connectivity index (χ1v) is 6.70. The molecule has 0 aromatic heterocycles. The van der Waals surface area contributed by atoms with Crippen molar-refractivity contribution in [1.82, 2.24) is 10.6 Å².